The number of rotatable bonds is 6. The zero-order chi connectivity index (χ0) is 14.5. The van der Waals surface area contributed by atoms with Crippen LogP contribution < -0.4 is 5.32 Å². The number of amides is 1. The lowest BCUT2D eigenvalue weighted by atomic mass is 9.95. The third-order valence-electron chi connectivity index (χ3n) is 4.11. The fourth-order valence-corrected chi connectivity index (χ4v) is 2.91. The van der Waals surface area contributed by atoms with E-state index in [1.54, 1.807) is 12.4 Å². The molecule has 3 atom stereocenters. The maximum atomic E-state index is 12.1. The molecule has 0 radical (unpaired) electrons. The van der Waals surface area contributed by atoms with Gasteiger partial charge in [0.25, 0.3) is 0 Å². The Morgan fingerprint density at radius 1 is 1.45 bits per heavy atom. The highest BCUT2D eigenvalue weighted by Crippen LogP contribution is 2.38. The maximum Gasteiger partial charge on any atom is 0.307 e. The molecular formula is C14H21N3O3. The van der Waals surface area contributed by atoms with Gasteiger partial charge in [-0.2, -0.15) is 0 Å². The van der Waals surface area contributed by atoms with Crippen LogP contribution in [0.1, 0.15) is 32.0 Å². The van der Waals surface area contributed by atoms with E-state index >= 15 is 0 Å². The van der Waals surface area contributed by atoms with Crippen LogP contribution in [0.2, 0.25) is 0 Å². The monoisotopic (exact) mass is 279 g/mol. The highest BCUT2D eigenvalue weighted by molar-refractivity contribution is 5.85. The molecule has 1 unspecified atom stereocenters. The fraction of sp³-hybridized carbons (Fsp3) is 0.643. The Morgan fingerprint density at radius 2 is 2.20 bits per heavy atom. The predicted octanol–water partition coefficient (Wildman–Crippen LogP) is 1.21. The molecule has 0 aromatic carbocycles. The standard InChI is InChI=1S/C14H21N3O3/c1-2-9-7-10(11(8-9)14(19)20)13(18)17-4-3-12-15-5-6-16-12/h5-6,9-11H,2-4,7-8H2,1H3,(H,15,16)(H,17,18)(H,19,20)/t9?,10-,11+/m0/s1. The van der Waals surface area contributed by atoms with Crippen LogP contribution in [0.5, 0.6) is 0 Å². The first-order valence-corrected chi connectivity index (χ1v) is 7.10. The minimum atomic E-state index is -0.855. The lowest BCUT2D eigenvalue weighted by Gasteiger charge is -2.15. The van der Waals surface area contributed by atoms with Crippen molar-refractivity contribution >= 4 is 11.9 Å². The largest absolute Gasteiger partial charge is 0.481 e. The SMILES string of the molecule is CCC1C[C@H](C(=O)NCCc2ncc[nH]2)[C@H](C(=O)O)C1. The normalized spacial score (nSPS) is 25.6. The third-order valence-corrected chi connectivity index (χ3v) is 4.11. The molecule has 6 heteroatoms. The number of H-pyrrole nitrogens is 1. The van der Waals surface area contributed by atoms with Crippen LogP contribution in [-0.2, 0) is 16.0 Å². The lowest BCUT2D eigenvalue weighted by molar-refractivity contribution is -0.146. The van der Waals surface area contributed by atoms with E-state index in [2.05, 4.69) is 15.3 Å². The van der Waals surface area contributed by atoms with Gasteiger partial charge in [-0.05, 0) is 18.8 Å². The van der Waals surface area contributed by atoms with Gasteiger partial charge in [0.05, 0.1) is 11.8 Å². The van der Waals surface area contributed by atoms with Crippen molar-refractivity contribution in [1.82, 2.24) is 15.3 Å². The molecular weight excluding hydrogens is 258 g/mol. The molecule has 1 fully saturated rings. The average Bonchev–Trinajstić information content (AvgIpc) is 3.07. The summed E-state index contributed by atoms with van der Waals surface area (Å²) >= 11 is 0. The van der Waals surface area contributed by atoms with Crippen LogP contribution in [-0.4, -0.2) is 33.5 Å². The summed E-state index contributed by atoms with van der Waals surface area (Å²) in [4.78, 5) is 30.4. The Balaban J connectivity index is 1.85. The van der Waals surface area contributed by atoms with Crippen molar-refractivity contribution in [3.63, 3.8) is 0 Å². The smallest absolute Gasteiger partial charge is 0.307 e. The van der Waals surface area contributed by atoms with Gasteiger partial charge in [-0.3, -0.25) is 9.59 Å². The molecule has 1 amide bonds. The van der Waals surface area contributed by atoms with E-state index in [4.69, 9.17) is 0 Å². The number of nitrogens with zero attached hydrogens (tertiary/aromatic N) is 1. The molecule has 1 aromatic rings. The molecule has 6 nitrogen and oxygen atoms in total. The van der Waals surface area contributed by atoms with Crippen molar-refractivity contribution < 1.29 is 14.7 Å². The molecule has 20 heavy (non-hydrogen) atoms. The minimum Gasteiger partial charge on any atom is -0.481 e. The number of carbonyl (C=O) groups is 2. The second kappa shape index (κ2) is 6.54. The van der Waals surface area contributed by atoms with E-state index in [1.165, 1.54) is 0 Å². The van der Waals surface area contributed by atoms with Crippen molar-refractivity contribution in [3.05, 3.63) is 18.2 Å². The first-order valence-electron chi connectivity index (χ1n) is 7.10. The molecule has 0 aliphatic heterocycles. The Morgan fingerprint density at radius 3 is 2.80 bits per heavy atom. The maximum absolute atomic E-state index is 12.1. The number of hydrogen-bond donors (Lipinski definition) is 3. The summed E-state index contributed by atoms with van der Waals surface area (Å²) in [6.45, 7) is 2.52. The first kappa shape index (κ1) is 14.6. The summed E-state index contributed by atoms with van der Waals surface area (Å²) in [6, 6.07) is 0. The van der Waals surface area contributed by atoms with Crippen molar-refractivity contribution in [2.75, 3.05) is 6.54 Å². The van der Waals surface area contributed by atoms with Crippen molar-refractivity contribution in [1.29, 1.82) is 0 Å². The second-order valence-corrected chi connectivity index (χ2v) is 5.37. The fourth-order valence-electron chi connectivity index (χ4n) is 2.91. The van der Waals surface area contributed by atoms with Crippen LogP contribution in [0.25, 0.3) is 0 Å². The number of imidazole rings is 1. The van der Waals surface area contributed by atoms with Crippen molar-refractivity contribution in [2.45, 2.75) is 32.6 Å². The van der Waals surface area contributed by atoms with E-state index in [-0.39, 0.29) is 5.91 Å². The Hall–Kier alpha value is -1.85. The molecule has 3 N–H and O–H groups in total. The molecule has 1 saturated carbocycles. The zero-order valence-electron chi connectivity index (χ0n) is 11.6. The van der Waals surface area contributed by atoms with Gasteiger partial charge in [-0.15, -0.1) is 0 Å². The second-order valence-electron chi connectivity index (χ2n) is 5.37. The summed E-state index contributed by atoms with van der Waals surface area (Å²) in [5, 5.41) is 12.1. The van der Waals surface area contributed by atoms with E-state index in [0.717, 1.165) is 12.2 Å². The zero-order valence-corrected chi connectivity index (χ0v) is 11.6. The molecule has 0 spiro atoms. The van der Waals surface area contributed by atoms with Crippen molar-refractivity contribution in [3.8, 4) is 0 Å². The van der Waals surface area contributed by atoms with E-state index in [9.17, 15) is 14.7 Å². The Labute approximate surface area is 118 Å². The molecule has 1 heterocycles. The number of aromatic nitrogens is 2. The van der Waals surface area contributed by atoms with Crippen molar-refractivity contribution in [2.24, 2.45) is 17.8 Å². The number of hydrogen-bond acceptors (Lipinski definition) is 3. The van der Waals surface area contributed by atoms with Crippen LogP contribution in [0.15, 0.2) is 12.4 Å². The summed E-state index contributed by atoms with van der Waals surface area (Å²) in [5.41, 5.74) is 0. The third kappa shape index (κ3) is 3.37. The molecule has 1 aromatic heterocycles. The highest BCUT2D eigenvalue weighted by Gasteiger charge is 2.41. The number of aromatic amines is 1. The van der Waals surface area contributed by atoms with Gasteiger partial charge in [0.1, 0.15) is 5.82 Å². The van der Waals surface area contributed by atoms with E-state index in [1.807, 2.05) is 6.92 Å². The first-order chi connectivity index (χ1) is 9.61. The number of carbonyl (C=O) groups excluding carboxylic acids is 1. The van der Waals surface area contributed by atoms with E-state index < -0.39 is 17.8 Å². The highest BCUT2D eigenvalue weighted by atomic mass is 16.4. The van der Waals surface area contributed by atoms with Gasteiger partial charge in [-0.1, -0.05) is 13.3 Å². The van der Waals surface area contributed by atoms with Gasteiger partial charge in [0, 0.05) is 25.4 Å². The van der Waals surface area contributed by atoms with Gasteiger partial charge in [0.15, 0.2) is 0 Å². The molecule has 0 saturated heterocycles. The molecule has 0 bridgehead atoms. The number of carboxylic acid groups (broad SMARTS) is 1. The Bertz CT molecular complexity index is 458. The summed E-state index contributed by atoms with van der Waals surface area (Å²) in [5.74, 6) is -0.764. The minimum absolute atomic E-state index is 0.139. The van der Waals surface area contributed by atoms with Crippen LogP contribution in [0.3, 0.4) is 0 Å². The van der Waals surface area contributed by atoms with Gasteiger partial charge < -0.3 is 15.4 Å². The molecule has 1 aliphatic rings. The van der Waals surface area contributed by atoms with Crippen LogP contribution >= 0.6 is 0 Å². The molecule has 2 rings (SSSR count). The predicted molar refractivity (Wildman–Crippen MR) is 72.9 cm³/mol. The summed E-state index contributed by atoms with van der Waals surface area (Å²) in [7, 11) is 0. The summed E-state index contributed by atoms with van der Waals surface area (Å²) < 4.78 is 0. The molecule has 110 valence electrons. The topological polar surface area (TPSA) is 95.1 Å². The lowest BCUT2D eigenvalue weighted by Crippen LogP contribution is -2.36. The average molecular weight is 279 g/mol. The number of carboxylic acids is 1. The number of nitrogens with one attached hydrogen (secondary N) is 2. The van der Waals surface area contributed by atoms with Crippen LogP contribution in [0, 0.1) is 17.8 Å². The summed E-state index contributed by atoms with van der Waals surface area (Å²) in [6.07, 6.45) is 6.25. The Kier molecular flexibility index (Phi) is 4.76. The quantitative estimate of drug-likeness (QED) is 0.729. The van der Waals surface area contributed by atoms with Gasteiger partial charge in [0.2, 0.25) is 5.91 Å². The number of aliphatic carboxylic acids is 1. The van der Waals surface area contributed by atoms with Gasteiger partial charge >= 0.3 is 5.97 Å². The van der Waals surface area contributed by atoms with Gasteiger partial charge in [-0.25, -0.2) is 4.98 Å². The molecule has 1 aliphatic carbocycles. The van der Waals surface area contributed by atoms with E-state index in [0.29, 0.717) is 31.7 Å². The van der Waals surface area contributed by atoms with Crippen LogP contribution in [0.4, 0.5) is 0 Å².